The summed E-state index contributed by atoms with van der Waals surface area (Å²) in [7, 11) is 0. The van der Waals surface area contributed by atoms with Gasteiger partial charge in [0, 0.05) is 9.50 Å². The Balaban J connectivity index is 1.75. The Bertz CT molecular complexity index is 739. The average Bonchev–Trinajstić information content (AvgIpc) is 2.56. The number of anilines is 1. The van der Waals surface area contributed by atoms with Crippen molar-refractivity contribution in [3.05, 3.63) is 57.8 Å². The third-order valence-corrected chi connectivity index (χ3v) is 3.50. The van der Waals surface area contributed by atoms with E-state index in [-0.39, 0.29) is 17.3 Å². The van der Waals surface area contributed by atoms with Crippen molar-refractivity contribution in [2.24, 2.45) is 0 Å². The van der Waals surface area contributed by atoms with Crippen LogP contribution in [0.2, 0.25) is 5.02 Å². The molecule has 0 radical (unpaired) electrons. The van der Waals surface area contributed by atoms with Gasteiger partial charge in [0.25, 0.3) is 5.91 Å². The number of carbonyl (C=O) groups is 2. The molecule has 0 heterocycles. The van der Waals surface area contributed by atoms with Crippen LogP contribution in [0.3, 0.4) is 0 Å². The largest absolute Gasteiger partial charge is 0.482 e. The highest BCUT2D eigenvalue weighted by Crippen LogP contribution is 2.19. The van der Waals surface area contributed by atoms with Crippen LogP contribution in [0, 0.1) is 5.82 Å². The lowest BCUT2D eigenvalue weighted by molar-refractivity contribution is -0.149. The minimum absolute atomic E-state index is 0.0883. The Morgan fingerprint density at radius 2 is 1.83 bits per heavy atom. The van der Waals surface area contributed by atoms with Gasteiger partial charge >= 0.3 is 5.97 Å². The predicted molar refractivity (Wildman–Crippen MR) is 90.6 cm³/mol. The number of ether oxygens (including phenoxy) is 2. The highest BCUT2D eigenvalue weighted by molar-refractivity contribution is 9.10. The van der Waals surface area contributed by atoms with Crippen molar-refractivity contribution < 1.29 is 23.5 Å². The fourth-order valence-electron chi connectivity index (χ4n) is 1.64. The van der Waals surface area contributed by atoms with Crippen molar-refractivity contribution in [1.82, 2.24) is 0 Å². The lowest BCUT2D eigenvalue weighted by atomic mass is 10.3. The van der Waals surface area contributed by atoms with Crippen LogP contribution in [0.25, 0.3) is 0 Å². The topological polar surface area (TPSA) is 64.6 Å². The van der Waals surface area contributed by atoms with Crippen LogP contribution < -0.4 is 10.1 Å². The summed E-state index contributed by atoms with van der Waals surface area (Å²) in [4.78, 5) is 23.2. The molecule has 0 aliphatic carbocycles. The van der Waals surface area contributed by atoms with Gasteiger partial charge in [0.1, 0.15) is 11.6 Å². The second-order valence-electron chi connectivity index (χ2n) is 4.58. The van der Waals surface area contributed by atoms with Crippen molar-refractivity contribution >= 4 is 45.1 Å². The zero-order chi connectivity index (χ0) is 17.5. The number of hydrogen-bond donors (Lipinski definition) is 1. The zero-order valence-electron chi connectivity index (χ0n) is 12.2. The van der Waals surface area contributed by atoms with E-state index in [1.165, 1.54) is 12.1 Å². The SMILES string of the molecule is O=C(COC(=O)COc1ccc(Br)cc1)Nc1cc(Cl)ccc1F. The fraction of sp³-hybridized carbons (Fsp3) is 0.125. The molecule has 0 saturated carbocycles. The molecule has 0 atom stereocenters. The Hall–Kier alpha value is -2.12. The third kappa shape index (κ3) is 5.82. The van der Waals surface area contributed by atoms with Gasteiger partial charge < -0.3 is 14.8 Å². The van der Waals surface area contributed by atoms with Crippen molar-refractivity contribution in [2.75, 3.05) is 18.5 Å². The summed E-state index contributed by atoms with van der Waals surface area (Å²) in [6, 6.07) is 10.6. The maximum Gasteiger partial charge on any atom is 0.344 e. The second-order valence-corrected chi connectivity index (χ2v) is 5.93. The molecular formula is C16H12BrClFNO4. The summed E-state index contributed by atoms with van der Waals surface area (Å²) in [5.74, 6) is -1.56. The first-order chi connectivity index (χ1) is 11.4. The molecule has 24 heavy (non-hydrogen) atoms. The molecule has 0 spiro atoms. The first-order valence-electron chi connectivity index (χ1n) is 6.73. The Kier molecular flexibility index (Phi) is 6.57. The summed E-state index contributed by atoms with van der Waals surface area (Å²) < 4.78 is 24.3. The van der Waals surface area contributed by atoms with E-state index in [0.29, 0.717) is 5.75 Å². The molecule has 1 amide bonds. The molecule has 8 heteroatoms. The molecule has 0 aliphatic rings. The van der Waals surface area contributed by atoms with Gasteiger partial charge in [-0.25, -0.2) is 9.18 Å². The van der Waals surface area contributed by atoms with E-state index in [1.807, 2.05) is 0 Å². The normalized spacial score (nSPS) is 10.1. The molecule has 0 unspecified atom stereocenters. The van der Waals surface area contributed by atoms with Gasteiger partial charge in [-0.2, -0.15) is 0 Å². The van der Waals surface area contributed by atoms with Gasteiger partial charge in [0.2, 0.25) is 0 Å². The van der Waals surface area contributed by atoms with Crippen molar-refractivity contribution in [3.63, 3.8) is 0 Å². The van der Waals surface area contributed by atoms with E-state index >= 15 is 0 Å². The molecule has 1 N–H and O–H groups in total. The molecule has 0 aromatic heterocycles. The van der Waals surface area contributed by atoms with E-state index in [4.69, 9.17) is 21.1 Å². The number of esters is 1. The highest BCUT2D eigenvalue weighted by atomic mass is 79.9. The molecule has 5 nitrogen and oxygen atoms in total. The van der Waals surface area contributed by atoms with Crippen molar-refractivity contribution in [1.29, 1.82) is 0 Å². The van der Waals surface area contributed by atoms with Crippen LogP contribution in [-0.4, -0.2) is 25.1 Å². The van der Waals surface area contributed by atoms with Crippen LogP contribution in [0.15, 0.2) is 46.9 Å². The van der Waals surface area contributed by atoms with Crippen LogP contribution in [0.1, 0.15) is 0 Å². The van der Waals surface area contributed by atoms with E-state index in [1.54, 1.807) is 24.3 Å². The maximum absolute atomic E-state index is 13.5. The van der Waals surface area contributed by atoms with Gasteiger partial charge in [0.05, 0.1) is 5.69 Å². The number of hydrogen-bond acceptors (Lipinski definition) is 4. The van der Waals surface area contributed by atoms with Gasteiger partial charge in [-0.1, -0.05) is 27.5 Å². The Labute approximate surface area is 150 Å². The number of nitrogens with one attached hydrogen (secondary N) is 1. The van der Waals surface area contributed by atoms with Gasteiger partial charge in [-0.3, -0.25) is 4.79 Å². The van der Waals surface area contributed by atoms with Crippen LogP contribution in [0.4, 0.5) is 10.1 Å². The third-order valence-electron chi connectivity index (χ3n) is 2.74. The molecule has 126 valence electrons. The molecule has 2 aromatic rings. The van der Waals surface area contributed by atoms with Gasteiger partial charge in [-0.15, -0.1) is 0 Å². The standard InChI is InChI=1S/C16H12BrClFNO4/c17-10-1-4-12(5-2-10)23-9-16(22)24-8-15(21)20-14-7-11(18)3-6-13(14)19/h1-7H,8-9H2,(H,20,21). The molecule has 2 aromatic carbocycles. The average molecular weight is 417 g/mol. The molecule has 2 rings (SSSR count). The zero-order valence-corrected chi connectivity index (χ0v) is 14.6. The molecule has 0 fully saturated rings. The van der Waals surface area contributed by atoms with E-state index in [0.717, 1.165) is 10.5 Å². The molecule has 0 aliphatic heterocycles. The second kappa shape index (κ2) is 8.65. The summed E-state index contributed by atoms with van der Waals surface area (Å²) >= 11 is 8.99. The van der Waals surface area contributed by atoms with Gasteiger partial charge in [-0.05, 0) is 42.5 Å². The van der Waals surface area contributed by atoms with Crippen LogP contribution in [-0.2, 0) is 14.3 Å². The lowest BCUT2D eigenvalue weighted by Crippen LogP contribution is -2.24. The van der Waals surface area contributed by atoms with Crippen LogP contribution in [0.5, 0.6) is 5.75 Å². The molecule has 0 bridgehead atoms. The van der Waals surface area contributed by atoms with Crippen molar-refractivity contribution in [3.8, 4) is 5.75 Å². The smallest absolute Gasteiger partial charge is 0.344 e. The molecule has 0 saturated heterocycles. The van der Waals surface area contributed by atoms with Crippen LogP contribution >= 0.6 is 27.5 Å². The van der Waals surface area contributed by atoms with E-state index in [2.05, 4.69) is 21.2 Å². The minimum atomic E-state index is -0.723. The minimum Gasteiger partial charge on any atom is -0.482 e. The Morgan fingerprint density at radius 1 is 1.12 bits per heavy atom. The van der Waals surface area contributed by atoms with E-state index < -0.39 is 24.3 Å². The fourth-order valence-corrected chi connectivity index (χ4v) is 2.08. The number of rotatable bonds is 6. The number of benzene rings is 2. The monoisotopic (exact) mass is 415 g/mol. The Morgan fingerprint density at radius 3 is 2.54 bits per heavy atom. The first-order valence-corrected chi connectivity index (χ1v) is 7.90. The number of halogens is 3. The molecular weight excluding hydrogens is 405 g/mol. The number of carbonyl (C=O) groups excluding carboxylic acids is 2. The van der Waals surface area contributed by atoms with E-state index in [9.17, 15) is 14.0 Å². The lowest BCUT2D eigenvalue weighted by Gasteiger charge is -2.08. The maximum atomic E-state index is 13.5. The summed E-state index contributed by atoms with van der Waals surface area (Å²) in [6.07, 6.45) is 0. The summed E-state index contributed by atoms with van der Waals surface area (Å²) in [5, 5.41) is 2.53. The number of amides is 1. The first kappa shape index (κ1) is 18.2. The quantitative estimate of drug-likeness (QED) is 0.728. The van der Waals surface area contributed by atoms with Crippen molar-refractivity contribution in [2.45, 2.75) is 0 Å². The highest BCUT2D eigenvalue weighted by Gasteiger charge is 2.11. The summed E-state index contributed by atoms with van der Waals surface area (Å²) in [5.41, 5.74) is -0.0883. The predicted octanol–water partition coefficient (Wildman–Crippen LogP) is 3.80. The van der Waals surface area contributed by atoms with Gasteiger partial charge in [0.15, 0.2) is 13.2 Å². The summed E-state index contributed by atoms with van der Waals surface area (Å²) in [6.45, 7) is -0.908.